The van der Waals surface area contributed by atoms with Crippen molar-refractivity contribution in [1.82, 2.24) is 0 Å². The van der Waals surface area contributed by atoms with Crippen LogP contribution in [-0.2, 0) is 0 Å². The van der Waals surface area contributed by atoms with Gasteiger partial charge in [-0.1, -0.05) is 23.8 Å². The Hall–Kier alpha value is -0.520. The lowest BCUT2D eigenvalue weighted by Gasteiger charge is -2.25. The second kappa shape index (κ2) is 2.61. The van der Waals surface area contributed by atoms with Crippen molar-refractivity contribution < 1.29 is 0 Å². The van der Waals surface area contributed by atoms with Crippen LogP contribution in [0.1, 0.15) is 25.7 Å². The molecule has 0 aromatic heterocycles. The lowest BCUT2D eigenvalue weighted by atomic mass is 9.80. The molecule has 2 rings (SSSR count). The number of allylic oxidation sites excluding steroid dienone is 4. The molecule has 52 valence electrons. The highest BCUT2D eigenvalue weighted by atomic mass is 14.2. The second-order valence-corrected chi connectivity index (χ2v) is 3.02. The molecule has 0 spiro atoms. The van der Waals surface area contributed by atoms with E-state index in [1.165, 1.54) is 25.7 Å². The van der Waals surface area contributed by atoms with Gasteiger partial charge in [-0.3, -0.25) is 0 Å². The molecule has 0 nitrogen and oxygen atoms in total. The van der Waals surface area contributed by atoms with Gasteiger partial charge >= 0.3 is 0 Å². The highest BCUT2D eigenvalue weighted by Crippen LogP contribution is 2.33. The molecule has 0 heteroatoms. The van der Waals surface area contributed by atoms with Crippen molar-refractivity contribution in [2.24, 2.45) is 5.92 Å². The SMILES string of the molecule is [C]1CCCC2=CC=CCC12. The fourth-order valence-electron chi connectivity index (χ4n) is 1.71. The van der Waals surface area contributed by atoms with Crippen molar-refractivity contribution in [2.75, 3.05) is 0 Å². The summed E-state index contributed by atoms with van der Waals surface area (Å²) in [6, 6.07) is 0. The lowest BCUT2D eigenvalue weighted by Crippen LogP contribution is -2.11. The first-order chi connectivity index (χ1) is 4.97. The summed E-state index contributed by atoms with van der Waals surface area (Å²) >= 11 is 0. The highest BCUT2D eigenvalue weighted by molar-refractivity contribution is 5.25. The largest absolute Gasteiger partial charge is 0.0839 e. The monoisotopic (exact) mass is 132 g/mol. The minimum Gasteiger partial charge on any atom is -0.0839 e. The zero-order chi connectivity index (χ0) is 6.81. The van der Waals surface area contributed by atoms with E-state index in [0.717, 1.165) is 0 Å². The van der Waals surface area contributed by atoms with Crippen molar-refractivity contribution in [3.63, 3.8) is 0 Å². The predicted molar refractivity (Wildman–Crippen MR) is 42.4 cm³/mol. The molecule has 0 saturated heterocycles. The zero-order valence-corrected chi connectivity index (χ0v) is 6.14. The molecule has 0 N–H and O–H groups in total. The third-order valence-corrected chi connectivity index (χ3v) is 2.30. The summed E-state index contributed by atoms with van der Waals surface area (Å²) < 4.78 is 0. The van der Waals surface area contributed by atoms with Crippen molar-refractivity contribution in [3.8, 4) is 0 Å². The standard InChI is InChI=1S/C10H12/c1-2-6-10-8-4-3-7-9(10)5-1/h1-2,5,10H,3-4,6-7H2. The maximum absolute atomic E-state index is 3.50. The van der Waals surface area contributed by atoms with Gasteiger partial charge in [0.1, 0.15) is 0 Å². The van der Waals surface area contributed by atoms with E-state index in [1.807, 2.05) is 0 Å². The summed E-state index contributed by atoms with van der Waals surface area (Å²) in [4.78, 5) is 0. The molecular formula is C10H12. The molecule has 0 aromatic carbocycles. The number of hydrogen-bond donors (Lipinski definition) is 0. The molecule has 0 heterocycles. The van der Waals surface area contributed by atoms with Crippen molar-refractivity contribution in [1.29, 1.82) is 0 Å². The average Bonchev–Trinajstić information content (AvgIpc) is 2.05. The first-order valence-corrected chi connectivity index (χ1v) is 4.06. The molecule has 1 fully saturated rings. The van der Waals surface area contributed by atoms with Gasteiger partial charge in [0.2, 0.25) is 0 Å². The van der Waals surface area contributed by atoms with E-state index in [4.69, 9.17) is 0 Å². The fraction of sp³-hybridized carbons (Fsp3) is 0.500. The minimum absolute atomic E-state index is 0.679. The maximum atomic E-state index is 3.50. The summed E-state index contributed by atoms with van der Waals surface area (Å²) in [5, 5.41) is 0. The molecule has 0 aromatic rings. The van der Waals surface area contributed by atoms with Crippen molar-refractivity contribution in [3.05, 3.63) is 30.2 Å². The Morgan fingerprint density at radius 2 is 2.50 bits per heavy atom. The molecule has 2 aliphatic rings. The summed E-state index contributed by atoms with van der Waals surface area (Å²) in [6.45, 7) is 0. The predicted octanol–water partition coefficient (Wildman–Crippen LogP) is 2.75. The average molecular weight is 132 g/mol. The van der Waals surface area contributed by atoms with E-state index < -0.39 is 0 Å². The van der Waals surface area contributed by atoms with Gasteiger partial charge in [0, 0.05) is 0 Å². The number of hydrogen-bond acceptors (Lipinski definition) is 0. The van der Waals surface area contributed by atoms with Gasteiger partial charge in [-0.25, -0.2) is 0 Å². The Morgan fingerprint density at radius 1 is 1.50 bits per heavy atom. The minimum atomic E-state index is 0.679. The Bertz CT molecular complexity index is 174. The Kier molecular flexibility index (Phi) is 1.62. The maximum Gasteiger partial charge on any atom is -0.00927 e. The molecule has 0 aliphatic heterocycles. The van der Waals surface area contributed by atoms with E-state index in [0.29, 0.717) is 5.92 Å². The molecule has 0 bridgehead atoms. The first-order valence-electron chi connectivity index (χ1n) is 4.06. The van der Waals surface area contributed by atoms with Crippen LogP contribution in [0.4, 0.5) is 0 Å². The molecule has 0 amide bonds. The molecule has 1 saturated carbocycles. The third-order valence-electron chi connectivity index (χ3n) is 2.30. The van der Waals surface area contributed by atoms with Crippen LogP contribution in [0.15, 0.2) is 23.8 Å². The molecule has 1 atom stereocenters. The van der Waals surface area contributed by atoms with Gasteiger partial charge in [-0.05, 0) is 38.0 Å². The fourth-order valence-corrected chi connectivity index (χ4v) is 1.71. The van der Waals surface area contributed by atoms with Gasteiger partial charge in [-0.15, -0.1) is 0 Å². The van der Waals surface area contributed by atoms with E-state index in [2.05, 4.69) is 24.6 Å². The molecule has 1 unspecified atom stereocenters. The number of rotatable bonds is 0. The van der Waals surface area contributed by atoms with Crippen LogP contribution >= 0.6 is 0 Å². The summed E-state index contributed by atoms with van der Waals surface area (Å²) in [5.41, 5.74) is 1.61. The summed E-state index contributed by atoms with van der Waals surface area (Å²) in [5.74, 6) is 0.679. The van der Waals surface area contributed by atoms with Crippen LogP contribution in [0.2, 0.25) is 0 Å². The molecular weight excluding hydrogens is 120 g/mol. The van der Waals surface area contributed by atoms with Crippen molar-refractivity contribution >= 4 is 0 Å². The highest BCUT2D eigenvalue weighted by Gasteiger charge is 2.18. The van der Waals surface area contributed by atoms with E-state index in [-0.39, 0.29) is 0 Å². The topological polar surface area (TPSA) is 0 Å². The van der Waals surface area contributed by atoms with E-state index >= 15 is 0 Å². The van der Waals surface area contributed by atoms with Crippen molar-refractivity contribution in [2.45, 2.75) is 25.7 Å². The van der Waals surface area contributed by atoms with Gasteiger partial charge < -0.3 is 0 Å². The quantitative estimate of drug-likeness (QED) is 0.475. The van der Waals surface area contributed by atoms with Crippen LogP contribution in [0.25, 0.3) is 0 Å². The van der Waals surface area contributed by atoms with Crippen LogP contribution in [0.5, 0.6) is 0 Å². The van der Waals surface area contributed by atoms with Gasteiger partial charge in [0.15, 0.2) is 0 Å². The van der Waals surface area contributed by atoms with Crippen LogP contribution in [0.3, 0.4) is 0 Å². The normalized spacial score (nSPS) is 31.2. The Labute approximate surface area is 62.6 Å². The Morgan fingerprint density at radius 3 is 3.40 bits per heavy atom. The summed E-state index contributed by atoms with van der Waals surface area (Å²) in [6.07, 6.45) is 15.2. The van der Waals surface area contributed by atoms with Crippen LogP contribution < -0.4 is 0 Å². The summed E-state index contributed by atoms with van der Waals surface area (Å²) in [7, 11) is 0. The third kappa shape index (κ3) is 1.03. The lowest BCUT2D eigenvalue weighted by molar-refractivity contribution is 0.559. The van der Waals surface area contributed by atoms with Gasteiger partial charge in [0.25, 0.3) is 0 Å². The molecule has 2 radical (unpaired) electrons. The van der Waals surface area contributed by atoms with Gasteiger partial charge in [-0.2, -0.15) is 0 Å². The van der Waals surface area contributed by atoms with Crippen LogP contribution in [-0.4, -0.2) is 0 Å². The smallest absolute Gasteiger partial charge is 0.00927 e. The van der Waals surface area contributed by atoms with E-state index in [9.17, 15) is 0 Å². The first kappa shape index (κ1) is 6.21. The second-order valence-electron chi connectivity index (χ2n) is 3.02. The number of fused-ring (bicyclic) bond motifs is 1. The molecule has 2 aliphatic carbocycles. The van der Waals surface area contributed by atoms with Crippen LogP contribution in [0, 0.1) is 12.3 Å². The van der Waals surface area contributed by atoms with Gasteiger partial charge in [0.05, 0.1) is 0 Å². The zero-order valence-electron chi connectivity index (χ0n) is 6.14. The Balaban J connectivity index is 2.14. The van der Waals surface area contributed by atoms with E-state index in [1.54, 1.807) is 5.57 Å². The molecule has 10 heavy (non-hydrogen) atoms.